The van der Waals surface area contributed by atoms with Gasteiger partial charge in [-0.05, 0) is 36.4 Å². The van der Waals surface area contributed by atoms with Crippen LogP contribution < -0.4 is 14.8 Å². The van der Waals surface area contributed by atoms with Crippen LogP contribution >= 0.6 is 0 Å². The monoisotopic (exact) mass is 397 g/mol. The lowest BCUT2D eigenvalue weighted by Crippen LogP contribution is -2.06. The zero-order valence-corrected chi connectivity index (χ0v) is 14.5. The Morgan fingerprint density at radius 3 is 2.36 bits per heavy atom. The van der Waals surface area contributed by atoms with Crippen molar-refractivity contribution in [2.24, 2.45) is 0 Å². The minimum absolute atomic E-state index is 0.0632. The van der Waals surface area contributed by atoms with Crippen LogP contribution in [0.5, 0.6) is 11.5 Å². The first-order valence-electron chi connectivity index (χ1n) is 7.88. The summed E-state index contributed by atoms with van der Waals surface area (Å²) in [5.41, 5.74) is 0.728. The van der Waals surface area contributed by atoms with E-state index in [0.29, 0.717) is 5.69 Å². The van der Waals surface area contributed by atoms with Gasteiger partial charge in [0.15, 0.2) is 5.78 Å². The summed E-state index contributed by atoms with van der Waals surface area (Å²) < 4.78 is 58.1. The van der Waals surface area contributed by atoms with Gasteiger partial charge in [0.1, 0.15) is 11.5 Å². The zero-order valence-electron chi connectivity index (χ0n) is 14.5. The minimum Gasteiger partial charge on any atom is -0.435 e. The lowest BCUT2D eigenvalue weighted by atomic mass is 10.1. The van der Waals surface area contributed by atoms with Crippen molar-refractivity contribution in [3.8, 4) is 11.5 Å². The van der Waals surface area contributed by atoms with Crippen LogP contribution in [0.3, 0.4) is 0 Å². The number of nitrogens with one attached hydrogen (secondary N) is 1. The van der Waals surface area contributed by atoms with Gasteiger partial charge in [-0.25, -0.2) is 0 Å². The van der Waals surface area contributed by atoms with Gasteiger partial charge >= 0.3 is 13.2 Å². The molecule has 28 heavy (non-hydrogen) atoms. The quantitative estimate of drug-likeness (QED) is 0.397. The average molecular weight is 397 g/mol. The van der Waals surface area contributed by atoms with Crippen molar-refractivity contribution in [3.05, 3.63) is 59.7 Å². The first-order valence-corrected chi connectivity index (χ1v) is 7.88. The molecule has 0 aromatic heterocycles. The van der Waals surface area contributed by atoms with E-state index in [1.807, 2.05) is 0 Å². The molecule has 0 saturated heterocycles. The van der Waals surface area contributed by atoms with Crippen molar-refractivity contribution in [1.29, 1.82) is 0 Å². The van der Waals surface area contributed by atoms with Crippen LogP contribution in [0, 0.1) is 0 Å². The smallest absolute Gasteiger partial charge is 0.387 e. The van der Waals surface area contributed by atoms with Crippen molar-refractivity contribution >= 4 is 23.5 Å². The molecule has 0 aliphatic carbocycles. The molecule has 2 aromatic carbocycles. The van der Waals surface area contributed by atoms with Gasteiger partial charge in [-0.2, -0.15) is 17.6 Å². The summed E-state index contributed by atoms with van der Waals surface area (Å²) in [5, 5.41) is 2.53. The van der Waals surface area contributed by atoms with Gasteiger partial charge in [-0.15, -0.1) is 0 Å². The third-order valence-corrected chi connectivity index (χ3v) is 3.31. The van der Waals surface area contributed by atoms with Crippen LogP contribution in [-0.4, -0.2) is 24.9 Å². The van der Waals surface area contributed by atoms with E-state index in [1.165, 1.54) is 31.2 Å². The lowest BCUT2D eigenvalue weighted by Gasteiger charge is -2.11. The first kappa shape index (κ1) is 20.9. The van der Waals surface area contributed by atoms with Gasteiger partial charge in [0.25, 0.3) is 0 Å². The molecule has 0 spiro atoms. The van der Waals surface area contributed by atoms with E-state index in [1.54, 1.807) is 12.1 Å². The second kappa shape index (κ2) is 9.54. The third kappa shape index (κ3) is 6.42. The molecule has 2 aromatic rings. The van der Waals surface area contributed by atoms with E-state index < -0.39 is 24.8 Å². The number of rotatable bonds is 8. The van der Waals surface area contributed by atoms with Crippen molar-refractivity contribution in [1.82, 2.24) is 0 Å². The fourth-order valence-electron chi connectivity index (χ4n) is 2.24. The Morgan fingerprint density at radius 1 is 1.00 bits per heavy atom. The molecule has 0 aliphatic rings. The van der Waals surface area contributed by atoms with E-state index in [-0.39, 0.29) is 22.8 Å². The van der Waals surface area contributed by atoms with E-state index in [2.05, 4.69) is 14.8 Å². The molecule has 1 N–H and O–H groups in total. The molecule has 0 bridgehead atoms. The molecule has 0 saturated carbocycles. The molecule has 148 valence electrons. The largest absolute Gasteiger partial charge is 0.435 e. The predicted molar refractivity (Wildman–Crippen MR) is 93.8 cm³/mol. The van der Waals surface area contributed by atoms with Crippen molar-refractivity contribution in [2.75, 3.05) is 5.32 Å². The second-order valence-corrected chi connectivity index (χ2v) is 5.42. The van der Waals surface area contributed by atoms with Crippen LogP contribution in [0.15, 0.2) is 48.5 Å². The predicted octanol–water partition coefficient (Wildman–Crippen LogP) is 4.74. The Balaban J connectivity index is 2.24. The molecule has 2 rings (SSSR count). The summed E-state index contributed by atoms with van der Waals surface area (Å²) in [7, 11) is 0. The Bertz CT molecular complexity index is 884. The van der Waals surface area contributed by atoms with Crippen LogP contribution in [0.4, 0.5) is 23.2 Å². The highest BCUT2D eigenvalue weighted by atomic mass is 19.3. The number of alkyl halides is 4. The fraction of sp³-hybridized carbons (Fsp3) is 0.158. The molecular formula is C19H15F4NO4. The van der Waals surface area contributed by atoms with Crippen molar-refractivity contribution in [3.63, 3.8) is 0 Å². The number of carbonyl (C=O) groups is 2. The van der Waals surface area contributed by atoms with Crippen molar-refractivity contribution in [2.45, 2.75) is 20.1 Å². The van der Waals surface area contributed by atoms with Crippen LogP contribution in [0.2, 0.25) is 0 Å². The van der Waals surface area contributed by atoms with Crippen LogP contribution in [-0.2, 0) is 4.79 Å². The van der Waals surface area contributed by atoms with Crippen molar-refractivity contribution < 1.29 is 36.6 Å². The number of carbonyl (C=O) groups excluding carboxylic acids is 2. The van der Waals surface area contributed by atoms with Gasteiger partial charge < -0.3 is 14.8 Å². The molecule has 1 amide bonds. The maximum atomic E-state index is 12.6. The summed E-state index contributed by atoms with van der Waals surface area (Å²) in [6.07, 6.45) is 2.31. The van der Waals surface area contributed by atoms with Crippen LogP contribution in [0.1, 0.15) is 22.8 Å². The minimum atomic E-state index is -3.20. The number of allylic oxidation sites excluding steroid dienone is 1. The lowest BCUT2D eigenvalue weighted by molar-refractivity contribution is -0.114. The summed E-state index contributed by atoms with van der Waals surface area (Å²) >= 11 is 0. The molecule has 0 unspecified atom stereocenters. The molecule has 0 aliphatic heterocycles. The first-order chi connectivity index (χ1) is 13.2. The van der Waals surface area contributed by atoms with E-state index >= 15 is 0 Å². The summed E-state index contributed by atoms with van der Waals surface area (Å²) in [5.74, 6) is -1.57. The second-order valence-electron chi connectivity index (χ2n) is 5.42. The Labute approximate surface area is 157 Å². The standard InChI is InChI=1S/C19H15F4NO4/c1-11(25)24-14-4-2-3-13(9-14)16(26)8-6-12-5-7-15(27-18(20)21)10-17(12)28-19(22)23/h2-10,18-19H,1H3,(H,24,25)/b8-6+. The summed E-state index contributed by atoms with van der Waals surface area (Å²) in [6, 6.07) is 9.32. The molecular weight excluding hydrogens is 382 g/mol. The van der Waals surface area contributed by atoms with Gasteiger partial charge in [-0.1, -0.05) is 12.1 Å². The van der Waals surface area contributed by atoms with E-state index in [9.17, 15) is 27.2 Å². The summed E-state index contributed by atoms with van der Waals surface area (Å²) in [6.45, 7) is -5.00. The SMILES string of the molecule is CC(=O)Nc1cccc(C(=O)/C=C/c2ccc(OC(F)F)cc2OC(F)F)c1. The molecule has 0 radical (unpaired) electrons. The number of anilines is 1. The number of ether oxygens (including phenoxy) is 2. The molecule has 9 heteroatoms. The average Bonchev–Trinajstić information content (AvgIpc) is 2.59. The Kier molecular flexibility index (Phi) is 7.14. The van der Waals surface area contributed by atoms with Gasteiger partial charge in [0.2, 0.25) is 5.91 Å². The Hall–Kier alpha value is -3.36. The molecule has 5 nitrogen and oxygen atoms in total. The number of hydrogen-bond donors (Lipinski definition) is 1. The molecule has 0 fully saturated rings. The fourth-order valence-corrected chi connectivity index (χ4v) is 2.24. The zero-order chi connectivity index (χ0) is 20.7. The maximum Gasteiger partial charge on any atom is 0.387 e. The number of hydrogen-bond acceptors (Lipinski definition) is 4. The van der Waals surface area contributed by atoms with Gasteiger partial charge in [0.05, 0.1) is 0 Å². The highest BCUT2D eigenvalue weighted by Crippen LogP contribution is 2.28. The van der Waals surface area contributed by atoms with Gasteiger partial charge in [0, 0.05) is 29.8 Å². The third-order valence-electron chi connectivity index (χ3n) is 3.31. The number of amides is 1. The normalized spacial score (nSPS) is 11.1. The molecule has 0 atom stereocenters. The van der Waals surface area contributed by atoms with E-state index in [0.717, 1.165) is 18.2 Å². The van der Waals surface area contributed by atoms with Crippen LogP contribution in [0.25, 0.3) is 6.08 Å². The topological polar surface area (TPSA) is 64.6 Å². The number of ketones is 1. The Morgan fingerprint density at radius 2 is 1.71 bits per heavy atom. The highest BCUT2D eigenvalue weighted by Gasteiger charge is 2.13. The summed E-state index contributed by atoms with van der Waals surface area (Å²) in [4.78, 5) is 23.4. The number of benzene rings is 2. The highest BCUT2D eigenvalue weighted by molar-refractivity contribution is 6.07. The molecule has 0 heterocycles. The maximum absolute atomic E-state index is 12.6. The van der Waals surface area contributed by atoms with Gasteiger partial charge in [-0.3, -0.25) is 9.59 Å². The number of halogens is 4. The van der Waals surface area contributed by atoms with E-state index in [4.69, 9.17) is 0 Å².